The summed E-state index contributed by atoms with van der Waals surface area (Å²) in [5.74, 6) is -0.00338. The highest BCUT2D eigenvalue weighted by atomic mass is 32.1. The van der Waals surface area contributed by atoms with E-state index in [2.05, 4.69) is 10.3 Å². The number of rotatable bonds is 5. The fourth-order valence-corrected chi connectivity index (χ4v) is 3.89. The molecule has 7 heteroatoms. The van der Waals surface area contributed by atoms with Crippen LogP contribution in [0.25, 0.3) is 0 Å². The molecular weight excluding hydrogens is 328 g/mol. The highest BCUT2D eigenvalue weighted by Gasteiger charge is 2.28. The second kappa shape index (κ2) is 7.96. The van der Waals surface area contributed by atoms with Gasteiger partial charge in [0.15, 0.2) is 5.69 Å². The Morgan fingerprint density at radius 3 is 2.54 bits per heavy atom. The molecule has 0 aromatic carbocycles. The standard InChI is InChI=1S/C17H26N2O4S/c1-5-22-15(20)13-14(11-8-6-7-9-11)24-12(19-13)10-18-16(21)23-17(2,3)4/h11H,5-10H2,1-4H3,(H,18,21). The van der Waals surface area contributed by atoms with E-state index >= 15 is 0 Å². The van der Waals surface area contributed by atoms with Crippen molar-refractivity contribution in [3.05, 3.63) is 15.6 Å². The van der Waals surface area contributed by atoms with Gasteiger partial charge >= 0.3 is 12.1 Å². The van der Waals surface area contributed by atoms with Crippen LogP contribution in [0.5, 0.6) is 0 Å². The van der Waals surface area contributed by atoms with Crippen molar-refractivity contribution >= 4 is 23.4 Å². The molecule has 1 N–H and O–H groups in total. The Morgan fingerprint density at radius 2 is 1.96 bits per heavy atom. The summed E-state index contributed by atoms with van der Waals surface area (Å²) in [6, 6.07) is 0. The number of hydrogen-bond donors (Lipinski definition) is 1. The van der Waals surface area contributed by atoms with Gasteiger partial charge in [0.05, 0.1) is 13.2 Å². The first-order valence-corrected chi connectivity index (χ1v) is 9.25. The van der Waals surface area contributed by atoms with Crippen LogP contribution in [0.15, 0.2) is 0 Å². The summed E-state index contributed by atoms with van der Waals surface area (Å²) in [4.78, 5) is 29.3. The Balaban J connectivity index is 2.08. The van der Waals surface area contributed by atoms with E-state index in [-0.39, 0.29) is 12.5 Å². The smallest absolute Gasteiger partial charge is 0.408 e. The minimum atomic E-state index is -0.544. The molecule has 6 nitrogen and oxygen atoms in total. The Morgan fingerprint density at radius 1 is 1.29 bits per heavy atom. The Hall–Kier alpha value is -1.63. The van der Waals surface area contributed by atoms with Crippen molar-refractivity contribution in [2.75, 3.05) is 6.61 Å². The van der Waals surface area contributed by atoms with Gasteiger partial charge in [0, 0.05) is 4.88 Å². The molecule has 0 atom stereocenters. The molecule has 0 spiro atoms. The highest BCUT2D eigenvalue weighted by molar-refractivity contribution is 7.12. The molecule has 1 heterocycles. The minimum Gasteiger partial charge on any atom is -0.461 e. The fraction of sp³-hybridized carbons (Fsp3) is 0.706. The monoisotopic (exact) mass is 354 g/mol. The lowest BCUT2D eigenvalue weighted by molar-refractivity contribution is 0.0514. The van der Waals surface area contributed by atoms with E-state index in [4.69, 9.17) is 9.47 Å². The van der Waals surface area contributed by atoms with Gasteiger partial charge in [0.1, 0.15) is 10.6 Å². The van der Waals surface area contributed by atoms with E-state index < -0.39 is 11.7 Å². The topological polar surface area (TPSA) is 77.5 Å². The van der Waals surface area contributed by atoms with Crippen molar-refractivity contribution in [3.63, 3.8) is 0 Å². The number of ether oxygens (including phenoxy) is 2. The molecule has 0 saturated heterocycles. The van der Waals surface area contributed by atoms with Crippen molar-refractivity contribution in [1.82, 2.24) is 10.3 Å². The molecule has 0 bridgehead atoms. The Labute approximate surface area is 146 Å². The molecule has 0 unspecified atom stereocenters. The van der Waals surface area contributed by atoms with Crippen LogP contribution in [0, 0.1) is 0 Å². The summed E-state index contributed by atoms with van der Waals surface area (Å²) in [7, 11) is 0. The highest BCUT2D eigenvalue weighted by Crippen LogP contribution is 2.39. The number of carbonyl (C=O) groups excluding carboxylic acids is 2. The van der Waals surface area contributed by atoms with Crippen molar-refractivity contribution in [2.24, 2.45) is 0 Å². The molecule has 1 amide bonds. The van der Waals surface area contributed by atoms with Gasteiger partial charge < -0.3 is 14.8 Å². The van der Waals surface area contributed by atoms with Gasteiger partial charge in [-0.1, -0.05) is 12.8 Å². The maximum atomic E-state index is 12.2. The molecule has 1 saturated carbocycles. The lowest BCUT2D eigenvalue weighted by Gasteiger charge is -2.19. The molecule has 1 aliphatic rings. The Bertz CT molecular complexity index is 586. The number of amides is 1. The molecule has 1 fully saturated rings. The first-order valence-electron chi connectivity index (χ1n) is 8.43. The number of alkyl carbamates (subject to hydrolysis) is 1. The van der Waals surface area contributed by atoms with Gasteiger partial charge in [0.2, 0.25) is 0 Å². The van der Waals surface area contributed by atoms with Gasteiger partial charge in [-0.25, -0.2) is 14.6 Å². The van der Waals surface area contributed by atoms with Crippen molar-refractivity contribution < 1.29 is 19.1 Å². The molecule has 0 radical (unpaired) electrons. The third kappa shape index (κ3) is 5.19. The van der Waals surface area contributed by atoms with E-state index in [1.54, 1.807) is 6.92 Å². The normalized spacial score (nSPS) is 15.3. The van der Waals surface area contributed by atoms with Crippen LogP contribution in [0.2, 0.25) is 0 Å². The van der Waals surface area contributed by atoms with E-state index in [0.717, 1.165) is 17.7 Å². The lowest BCUT2D eigenvalue weighted by Crippen LogP contribution is -2.32. The largest absolute Gasteiger partial charge is 0.461 e. The molecule has 1 aliphatic carbocycles. The fourth-order valence-electron chi connectivity index (χ4n) is 2.73. The van der Waals surface area contributed by atoms with Crippen molar-refractivity contribution in [2.45, 2.75) is 71.4 Å². The van der Waals surface area contributed by atoms with Crippen LogP contribution >= 0.6 is 11.3 Å². The summed E-state index contributed by atoms with van der Waals surface area (Å²) >= 11 is 1.49. The zero-order chi connectivity index (χ0) is 17.7. The summed E-state index contributed by atoms with van der Waals surface area (Å²) in [5.41, 5.74) is -0.132. The molecular formula is C17H26N2O4S. The van der Waals surface area contributed by atoms with Gasteiger partial charge in [-0.05, 0) is 46.5 Å². The SMILES string of the molecule is CCOC(=O)c1nc(CNC(=O)OC(C)(C)C)sc1C1CCCC1. The Kier molecular flexibility index (Phi) is 6.21. The van der Waals surface area contributed by atoms with Crippen LogP contribution in [0.1, 0.15) is 79.7 Å². The maximum Gasteiger partial charge on any atom is 0.408 e. The summed E-state index contributed by atoms with van der Waals surface area (Å²) < 4.78 is 10.3. The van der Waals surface area contributed by atoms with Gasteiger partial charge in [-0.15, -0.1) is 11.3 Å². The summed E-state index contributed by atoms with van der Waals surface area (Å²) in [5, 5.41) is 3.39. The number of aromatic nitrogens is 1. The van der Waals surface area contributed by atoms with Crippen LogP contribution in [-0.2, 0) is 16.0 Å². The average Bonchev–Trinajstić information content (AvgIpc) is 3.12. The predicted molar refractivity (Wildman–Crippen MR) is 92.4 cm³/mol. The molecule has 1 aromatic heterocycles. The lowest BCUT2D eigenvalue weighted by atomic mass is 10.1. The van der Waals surface area contributed by atoms with E-state index in [0.29, 0.717) is 23.2 Å². The van der Waals surface area contributed by atoms with Crippen LogP contribution in [0.4, 0.5) is 4.79 Å². The minimum absolute atomic E-state index is 0.249. The quantitative estimate of drug-likeness (QED) is 0.809. The molecule has 0 aliphatic heterocycles. The van der Waals surface area contributed by atoms with Gasteiger partial charge in [0.25, 0.3) is 0 Å². The summed E-state index contributed by atoms with van der Waals surface area (Å²) in [6.45, 7) is 7.79. The average molecular weight is 354 g/mol. The number of carbonyl (C=O) groups is 2. The van der Waals surface area contributed by atoms with E-state index in [9.17, 15) is 9.59 Å². The second-order valence-electron chi connectivity index (χ2n) is 6.88. The van der Waals surface area contributed by atoms with Crippen LogP contribution in [-0.4, -0.2) is 29.3 Å². The number of thiazole rings is 1. The number of hydrogen-bond acceptors (Lipinski definition) is 6. The second-order valence-corrected chi connectivity index (χ2v) is 7.99. The van der Waals surface area contributed by atoms with Crippen LogP contribution in [0.3, 0.4) is 0 Å². The predicted octanol–water partition coefficient (Wildman–Crippen LogP) is 4.00. The van der Waals surface area contributed by atoms with Gasteiger partial charge in [-0.2, -0.15) is 0 Å². The zero-order valence-corrected chi connectivity index (χ0v) is 15.6. The molecule has 2 rings (SSSR count). The number of nitrogens with zero attached hydrogens (tertiary/aromatic N) is 1. The van der Waals surface area contributed by atoms with Crippen molar-refractivity contribution in [3.8, 4) is 0 Å². The number of esters is 1. The van der Waals surface area contributed by atoms with Gasteiger partial charge in [-0.3, -0.25) is 0 Å². The zero-order valence-electron chi connectivity index (χ0n) is 14.8. The number of nitrogens with one attached hydrogen (secondary N) is 1. The first-order chi connectivity index (χ1) is 11.3. The van der Waals surface area contributed by atoms with E-state index in [1.165, 1.54) is 24.2 Å². The molecule has 24 heavy (non-hydrogen) atoms. The first kappa shape index (κ1) is 18.7. The molecule has 134 valence electrons. The third-order valence-corrected chi connectivity index (χ3v) is 4.89. The third-order valence-electron chi connectivity index (χ3n) is 3.68. The van der Waals surface area contributed by atoms with Crippen molar-refractivity contribution in [1.29, 1.82) is 0 Å². The summed E-state index contributed by atoms with van der Waals surface area (Å²) in [6.07, 6.45) is 4.02. The van der Waals surface area contributed by atoms with Crippen LogP contribution < -0.4 is 5.32 Å². The van der Waals surface area contributed by atoms with E-state index in [1.807, 2.05) is 20.8 Å². The maximum absolute atomic E-state index is 12.2. The molecule has 1 aromatic rings.